The van der Waals surface area contributed by atoms with Crippen molar-refractivity contribution in [2.24, 2.45) is 0 Å². The molecule has 0 unspecified atom stereocenters. The van der Waals surface area contributed by atoms with E-state index in [1.165, 1.54) is 6.07 Å². The number of para-hydroxylation sites is 1. The molecule has 0 aromatic heterocycles. The second-order valence-corrected chi connectivity index (χ2v) is 4.99. The normalized spacial score (nSPS) is 12.5. The molecule has 0 saturated carbocycles. The molecule has 3 nitrogen and oxygen atoms in total. The van der Waals surface area contributed by atoms with Crippen molar-refractivity contribution in [1.82, 2.24) is 0 Å². The summed E-state index contributed by atoms with van der Waals surface area (Å²) in [7, 11) is 0. The molecule has 1 N–H and O–H groups in total. The lowest BCUT2D eigenvalue weighted by molar-refractivity contribution is 0.173. The van der Waals surface area contributed by atoms with Crippen molar-refractivity contribution < 1.29 is 13.9 Å². The van der Waals surface area contributed by atoms with E-state index in [1.54, 1.807) is 12.1 Å². The highest BCUT2D eigenvalue weighted by molar-refractivity contribution is 9.10. The second-order valence-electron chi connectivity index (χ2n) is 4.13. The van der Waals surface area contributed by atoms with E-state index in [0.717, 1.165) is 22.7 Å². The average Bonchev–Trinajstić information content (AvgIpc) is 2.89. The molecule has 2 aromatic rings. The Labute approximate surface area is 118 Å². The van der Waals surface area contributed by atoms with E-state index in [0.29, 0.717) is 11.0 Å². The van der Waals surface area contributed by atoms with Crippen molar-refractivity contribution in [3.8, 4) is 11.5 Å². The summed E-state index contributed by atoms with van der Waals surface area (Å²) in [6.45, 7) is 0.846. The number of nitrogens with one attached hydrogen (secondary N) is 1. The number of ether oxygens (including phenoxy) is 2. The van der Waals surface area contributed by atoms with Crippen LogP contribution in [0.3, 0.4) is 0 Å². The molecule has 0 spiro atoms. The molecule has 0 atom stereocenters. The predicted octanol–water partition coefficient (Wildman–Crippen LogP) is 3.93. The molecule has 1 heterocycles. The molecule has 0 radical (unpaired) electrons. The lowest BCUT2D eigenvalue weighted by atomic mass is 10.2. The minimum Gasteiger partial charge on any atom is -0.454 e. The maximum atomic E-state index is 13.1. The van der Waals surface area contributed by atoms with E-state index in [1.807, 2.05) is 18.2 Å². The molecule has 0 fully saturated rings. The Morgan fingerprint density at radius 2 is 2.11 bits per heavy atom. The van der Waals surface area contributed by atoms with Crippen LogP contribution < -0.4 is 14.8 Å². The lowest BCUT2D eigenvalue weighted by Crippen LogP contribution is -2.01. The molecular weight excluding hydrogens is 313 g/mol. The number of hydrogen-bond donors (Lipinski definition) is 1. The zero-order valence-electron chi connectivity index (χ0n) is 9.95. The zero-order valence-corrected chi connectivity index (χ0v) is 11.5. The zero-order chi connectivity index (χ0) is 13.2. The van der Waals surface area contributed by atoms with Gasteiger partial charge >= 0.3 is 0 Å². The van der Waals surface area contributed by atoms with Crippen molar-refractivity contribution in [3.63, 3.8) is 0 Å². The first-order valence-corrected chi connectivity index (χ1v) is 6.60. The molecule has 1 aliphatic heterocycles. The molecule has 0 saturated heterocycles. The third-order valence-electron chi connectivity index (χ3n) is 2.88. The van der Waals surface area contributed by atoms with Crippen LogP contribution in [0, 0.1) is 5.82 Å². The summed E-state index contributed by atoms with van der Waals surface area (Å²) in [6.07, 6.45) is 0. The van der Waals surface area contributed by atoms with Crippen LogP contribution in [0.1, 0.15) is 5.56 Å². The van der Waals surface area contributed by atoms with Gasteiger partial charge in [-0.05, 0) is 40.2 Å². The first-order chi connectivity index (χ1) is 9.24. The van der Waals surface area contributed by atoms with E-state index in [-0.39, 0.29) is 12.6 Å². The Morgan fingerprint density at radius 1 is 1.21 bits per heavy atom. The Bertz CT molecular complexity index is 618. The lowest BCUT2D eigenvalue weighted by Gasteiger charge is -2.09. The molecule has 0 amide bonds. The molecule has 0 bridgehead atoms. The highest BCUT2D eigenvalue weighted by Gasteiger charge is 2.16. The van der Waals surface area contributed by atoms with Crippen LogP contribution in [0.5, 0.6) is 11.5 Å². The fourth-order valence-electron chi connectivity index (χ4n) is 1.93. The molecule has 2 aromatic carbocycles. The maximum absolute atomic E-state index is 13.1. The van der Waals surface area contributed by atoms with Crippen LogP contribution in [0.25, 0.3) is 0 Å². The van der Waals surface area contributed by atoms with Gasteiger partial charge in [0.15, 0.2) is 11.5 Å². The van der Waals surface area contributed by atoms with Gasteiger partial charge in [0.1, 0.15) is 5.82 Å². The van der Waals surface area contributed by atoms with Gasteiger partial charge in [-0.25, -0.2) is 4.39 Å². The van der Waals surface area contributed by atoms with Crippen LogP contribution in [0.4, 0.5) is 10.1 Å². The summed E-state index contributed by atoms with van der Waals surface area (Å²) in [5, 5.41) is 3.23. The summed E-state index contributed by atoms with van der Waals surface area (Å²) in [5.41, 5.74) is 1.85. The molecule has 19 heavy (non-hydrogen) atoms. The minimum atomic E-state index is -0.275. The van der Waals surface area contributed by atoms with Crippen molar-refractivity contribution in [2.45, 2.75) is 6.54 Å². The third kappa shape index (κ3) is 2.51. The van der Waals surface area contributed by atoms with Gasteiger partial charge in [-0.1, -0.05) is 12.1 Å². The minimum absolute atomic E-state index is 0.258. The molecular formula is C14H11BrFNO2. The summed E-state index contributed by atoms with van der Waals surface area (Å²) in [6, 6.07) is 10.6. The fourth-order valence-corrected chi connectivity index (χ4v) is 2.31. The molecule has 3 rings (SSSR count). The second kappa shape index (κ2) is 5.09. The summed E-state index contributed by atoms with van der Waals surface area (Å²) < 4.78 is 24.3. The topological polar surface area (TPSA) is 30.5 Å². The summed E-state index contributed by atoms with van der Waals surface area (Å²) >= 11 is 3.16. The molecule has 1 aliphatic rings. The van der Waals surface area contributed by atoms with E-state index in [4.69, 9.17) is 9.47 Å². The largest absolute Gasteiger partial charge is 0.454 e. The first-order valence-electron chi connectivity index (χ1n) is 5.80. The van der Waals surface area contributed by atoms with Gasteiger partial charge in [0.25, 0.3) is 0 Å². The van der Waals surface area contributed by atoms with Gasteiger partial charge in [-0.2, -0.15) is 0 Å². The van der Waals surface area contributed by atoms with E-state index >= 15 is 0 Å². The van der Waals surface area contributed by atoms with E-state index in [2.05, 4.69) is 21.2 Å². The van der Waals surface area contributed by atoms with Gasteiger partial charge in [0.05, 0.1) is 4.47 Å². The molecule has 0 aliphatic carbocycles. The Balaban J connectivity index is 1.76. The summed E-state index contributed by atoms with van der Waals surface area (Å²) in [4.78, 5) is 0. The van der Waals surface area contributed by atoms with Crippen LogP contribution >= 0.6 is 15.9 Å². The van der Waals surface area contributed by atoms with Crippen molar-refractivity contribution >= 4 is 21.6 Å². The highest BCUT2D eigenvalue weighted by Crippen LogP contribution is 2.35. The maximum Gasteiger partial charge on any atom is 0.231 e. The van der Waals surface area contributed by atoms with Crippen LogP contribution in [0.2, 0.25) is 0 Å². The van der Waals surface area contributed by atoms with Crippen LogP contribution in [-0.4, -0.2) is 6.79 Å². The Kier molecular flexibility index (Phi) is 3.29. The number of fused-ring (bicyclic) bond motifs is 1. The predicted molar refractivity (Wildman–Crippen MR) is 74.0 cm³/mol. The number of rotatable bonds is 3. The van der Waals surface area contributed by atoms with Gasteiger partial charge < -0.3 is 14.8 Å². The standard InChI is InChI=1S/C14H11BrFNO2/c15-11-6-10(4-5-12(11)16)17-7-9-2-1-3-13-14(9)19-8-18-13/h1-6,17H,7-8H2. The quantitative estimate of drug-likeness (QED) is 0.928. The van der Waals surface area contributed by atoms with E-state index in [9.17, 15) is 4.39 Å². The Hall–Kier alpha value is -1.75. The number of anilines is 1. The van der Waals surface area contributed by atoms with E-state index < -0.39 is 0 Å². The highest BCUT2D eigenvalue weighted by atomic mass is 79.9. The summed E-state index contributed by atoms with van der Waals surface area (Å²) in [5.74, 6) is 1.26. The number of benzene rings is 2. The number of hydrogen-bond acceptors (Lipinski definition) is 3. The van der Waals surface area contributed by atoms with Crippen molar-refractivity contribution in [1.29, 1.82) is 0 Å². The first kappa shape index (κ1) is 12.3. The molecule has 98 valence electrons. The number of halogens is 2. The van der Waals surface area contributed by atoms with Gasteiger partial charge in [0, 0.05) is 17.8 Å². The monoisotopic (exact) mass is 323 g/mol. The average molecular weight is 324 g/mol. The van der Waals surface area contributed by atoms with Crippen LogP contribution in [-0.2, 0) is 6.54 Å². The SMILES string of the molecule is Fc1ccc(NCc2cccc3c2OCO3)cc1Br. The van der Waals surface area contributed by atoms with Gasteiger partial charge in [-0.15, -0.1) is 0 Å². The Morgan fingerprint density at radius 3 is 2.95 bits per heavy atom. The van der Waals surface area contributed by atoms with Gasteiger partial charge in [-0.3, -0.25) is 0 Å². The third-order valence-corrected chi connectivity index (χ3v) is 3.49. The van der Waals surface area contributed by atoms with Gasteiger partial charge in [0.2, 0.25) is 6.79 Å². The van der Waals surface area contributed by atoms with Crippen LogP contribution in [0.15, 0.2) is 40.9 Å². The molecule has 5 heteroatoms. The smallest absolute Gasteiger partial charge is 0.231 e. The fraction of sp³-hybridized carbons (Fsp3) is 0.143. The van der Waals surface area contributed by atoms with Crippen molar-refractivity contribution in [3.05, 3.63) is 52.3 Å². The van der Waals surface area contributed by atoms with Crippen molar-refractivity contribution in [2.75, 3.05) is 12.1 Å².